The lowest BCUT2D eigenvalue weighted by molar-refractivity contribution is 0.524. The smallest absolute Gasteiger partial charge is 0.217 e. The first-order valence-electron chi connectivity index (χ1n) is 9.72. The fourth-order valence-corrected chi connectivity index (χ4v) is 3.90. The normalized spacial score (nSPS) is 15.1. The maximum absolute atomic E-state index is 6.07. The summed E-state index contributed by atoms with van der Waals surface area (Å²) >= 11 is 0. The van der Waals surface area contributed by atoms with Crippen molar-refractivity contribution < 1.29 is 0 Å². The predicted molar refractivity (Wildman–Crippen MR) is 113 cm³/mol. The zero-order valence-corrected chi connectivity index (χ0v) is 16.2. The minimum absolute atomic E-state index is 0.388. The van der Waals surface area contributed by atoms with Crippen LogP contribution in [0, 0.1) is 0 Å². The zero-order chi connectivity index (χ0) is 19.8. The zero-order valence-electron chi connectivity index (χ0n) is 16.2. The first kappa shape index (κ1) is 17.5. The predicted octanol–water partition coefficient (Wildman–Crippen LogP) is 2.21. The number of benzene rings is 1. The molecule has 9 nitrogen and oxygen atoms in total. The van der Waals surface area contributed by atoms with Crippen LogP contribution in [0.5, 0.6) is 0 Å². The quantitative estimate of drug-likeness (QED) is 0.516. The van der Waals surface area contributed by atoms with E-state index in [1.807, 2.05) is 46.6 Å². The van der Waals surface area contributed by atoms with Crippen molar-refractivity contribution in [2.75, 3.05) is 29.0 Å². The van der Waals surface area contributed by atoms with Crippen LogP contribution in [-0.4, -0.2) is 48.2 Å². The standard InChI is InChI=1S/C20H23N9/c1-27-18-17(26-20(27)29-11-8-22-13-29)19(24-12-23-18)28-9-6-14(7-10-28)25-16-5-3-2-4-15(16)21/h2-5,8,11-14,25H,6-7,9-10,21H2,1H3. The summed E-state index contributed by atoms with van der Waals surface area (Å²) in [5.74, 6) is 1.66. The molecule has 0 aliphatic carbocycles. The Morgan fingerprint density at radius 1 is 1.14 bits per heavy atom. The van der Waals surface area contributed by atoms with Crippen LogP contribution in [-0.2, 0) is 7.05 Å². The second kappa shape index (κ2) is 7.08. The van der Waals surface area contributed by atoms with Gasteiger partial charge in [-0.05, 0) is 25.0 Å². The van der Waals surface area contributed by atoms with E-state index in [1.165, 1.54) is 0 Å². The van der Waals surface area contributed by atoms with Gasteiger partial charge in [0.15, 0.2) is 17.0 Å². The van der Waals surface area contributed by atoms with E-state index >= 15 is 0 Å². The van der Waals surface area contributed by atoms with Crippen molar-refractivity contribution in [1.82, 2.24) is 29.1 Å². The number of hydrogen-bond acceptors (Lipinski definition) is 7. The van der Waals surface area contributed by atoms with Gasteiger partial charge in [0.2, 0.25) is 5.95 Å². The summed E-state index contributed by atoms with van der Waals surface area (Å²) in [4.78, 5) is 20.2. The number of anilines is 3. The Balaban J connectivity index is 1.37. The SMILES string of the molecule is Cn1c(-n2ccnc2)nc2c(N3CCC(Nc4ccccc4N)CC3)ncnc21. The van der Waals surface area contributed by atoms with Gasteiger partial charge in [-0.2, -0.15) is 0 Å². The monoisotopic (exact) mass is 389 g/mol. The molecule has 0 bridgehead atoms. The maximum Gasteiger partial charge on any atom is 0.217 e. The Hall–Kier alpha value is -3.62. The average molecular weight is 389 g/mol. The van der Waals surface area contributed by atoms with Gasteiger partial charge in [0.25, 0.3) is 0 Å². The Bertz CT molecular complexity index is 1120. The minimum Gasteiger partial charge on any atom is -0.397 e. The number of nitrogens with two attached hydrogens (primary N) is 1. The highest BCUT2D eigenvalue weighted by Gasteiger charge is 2.24. The number of aryl methyl sites for hydroxylation is 1. The highest BCUT2D eigenvalue weighted by Crippen LogP contribution is 2.28. The molecule has 3 N–H and O–H groups in total. The molecule has 0 unspecified atom stereocenters. The molecule has 4 aromatic rings. The fraction of sp³-hybridized carbons (Fsp3) is 0.300. The lowest BCUT2D eigenvalue weighted by atomic mass is 10.0. The van der Waals surface area contributed by atoms with Crippen LogP contribution in [0.4, 0.5) is 17.2 Å². The molecule has 0 amide bonds. The molecule has 1 saturated heterocycles. The van der Waals surface area contributed by atoms with Crippen molar-refractivity contribution >= 4 is 28.4 Å². The van der Waals surface area contributed by atoms with Gasteiger partial charge in [-0.15, -0.1) is 0 Å². The van der Waals surface area contributed by atoms with Crippen LogP contribution in [0.3, 0.4) is 0 Å². The number of nitrogen functional groups attached to an aromatic ring is 1. The molecule has 4 heterocycles. The molecule has 5 rings (SSSR count). The van der Waals surface area contributed by atoms with E-state index in [0.29, 0.717) is 6.04 Å². The number of imidazole rings is 2. The van der Waals surface area contributed by atoms with Gasteiger partial charge in [0.05, 0.1) is 11.4 Å². The third-order valence-corrected chi connectivity index (χ3v) is 5.46. The molecule has 9 heteroatoms. The number of hydrogen-bond donors (Lipinski definition) is 2. The molecule has 0 atom stereocenters. The minimum atomic E-state index is 0.388. The summed E-state index contributed by atoms with van der Waals surface area (Å²) in [5.41, 5.74) is 9.49. The van der Waals surface area contributed by atoms with Gasteiger partial charge in [0.1, 0.15) is 12.7 Å². The van der Waals surface area contributed by atoms with Gasteiger partial charge >= 0.3 is 0 Å². The first-order chi connectivity index (χ1) is 14.2. The molecular weight excluding hydrogens is 366 g/mol. The van der Waals surface area contributed by atoms with Crippen LogP contribution < -0.4 is 16.0 Å². The lowest BCUT2D eigenvalue weighted by Crippen LogP contribution is -2.39. The van der Waals surface area contributed by atoms with Crippen LogP contribution in [0.1, 0.15) is 12.8 Å². The van der Waals surface area contributed by atoms with Crippen molar-refractivity contribution in [2.45, 2.75) is 18.9 Å². The van der Waals surface area contributed by atoms with E-state index in [2.05, 4.69) is 25.2 Å². The fourth-order valence-electron chi connectivity index (χ4n) is 3.90. The molecule has 1 aliphatic rings. The van der Waals surface area contributed by atoms with Crippen molar-refractivity contribution in [2.24, 2.45) is 7.05 Å². The molecule has 0 saturated carbocycles. The Morgan fingerprint density at radius 2 is 1.97 bits per heavy atom. The van der Waals surface area contributed by atoms with Gasteiger partial charge in [-0.3, -0.25) is 9.13 Å². The summed E-state index contributed by atoms with van der Waals surface area (Å²) in [6, 6.07) is 8.30. The van der Waals surface area contributed by atoms with E-state index in [4.69, 9.17) is 10.7 Å². The van der Waals surface area contributed by atoms with E-state index in [9.17, 15) is 0 Å². The number of nitrogens with one attached hydrogen (secondary N) is 1. The Labute approximate surface area is 168 Å². The molecule has 0 radical (unpaired) electrons. The van der Waals surface area contributed by atoms with Crippen molar-refractivity contribution in [3.8, 4) is 5.95 Å². The molecule has 1 fully saturated rings. The summed E-state index contributed by atoms with van der Waals surface area (Å²) < 4.78 is 3.85. The van der Waals surface area contributed by atoms with Crippen LogP contribution >= 0.6 is 0 Å². The average Bonchev–Trinajstić information content (AvgIpc) is 3.39. The summed E-state index contributed by atoms with van der Waals surface area (Å²) in [7, 11) is 1.96. The Morgan fingerprint density at radius 3 is 2.72 bits per heavy atom. The highest BCUT2D eigenvalue weighted by atomic mass is 15.3. The third kappa shape index (κ3) is 3.14. The maximum atomic E-state index is 6.07. The Kier molecular flexibility index (Phi) is 4.27. The van der Waals surface area contributed by atoms with Crippen LogP contribution in [0.2, 0.25) is 0 Å². The number of piperidine rings is 1. The summed E-state index contributed by atoms with van der Waals surface area (Å²) in [6.07, 6.45) is 8.97. The number of aromatic nitrogens is 6. The molecular formula is C20H23N9. The van der Waals surface area contributed by atoms with E-state index in [-0.39, 0.29) is 0 Å². The number of rotatable bonds is 4. The number of nitrogens with zero attached hydrogens (tertiary/aromatic N) is 7. The van der Waals surface area contributed by atoms with Crippen molar-refractivity contribution in [3.63, 3.8) is 0 Å². The largest absolute Gasteiger partial charge is 0.397 e. The van der Waals surface area contributed by atoms with E-state index in [1.54, 1.807) is 18.9 Å². The first-order valence-corrected chi connectivity index (χ1v) is 9.72. The molecule has 1 aromatic carbocycles. The lowest BCUT2D eigenvalue weighted by Gasteiger charge is -2.33. The molecule has 29 heavy (non-hydrogen) atoms. The van der Waals surface area contributed by atoms with Crippen LogP contribution in [0.15, 0.2) is 49.3 Å². The third-order valence-electron chi connectivity index (χ3n) is 5.46. The summed E-state index contributed by atoms with van der Waals surface area (Å²) in [5, 5.41) is 3.58. The van der Waals surface area contributed by atoms with Crippen molar-refractivity contribution in [1.29, 1.82) is 0 Å². The summed E-state index contributed by atoms with van der Waals surface area (Å²) in [6.45, 7) is 1.79. The topological polar surface area (TPSA) is 103 Å². The molecule has 3 aromatic heterocycles. The van der Waals surface area contributed by atoms with Gasteiger partial charge in [-0.1, -0.05) is 12.1 Å². The molecule has 148 valence electrons. The molecule has 1 aliphatic heterocycles. The van der Waals surface area contributed by atoms with Crippen molar-refractivity contribution in [3.05, 3.63) is 49.3 Å². The number of para-hydroxylation sites is 2. The molecule has 0 spiro atoms. The van der Waals surface area contributed by atoms with E-state index < -0.39 is 0 Å². The highest BCUT2D eigenvalue weighted by molar-refractivity contribution is 5.85. The van der Waals surface area contributed by atoms with Gasteiger partial charge < -0.3 is 16.0 Å². The van der Waals surface area contributed by atoms with Gasteiger partial charge in [0, 0.05) is 38.6 Å². The second-order valence-corrected chi connectivity index (χ2v) is 7.30. The number of fused-ring (bicyclic) bond motifs is 1. The van der Waals surface area contributed by atoms with Crippen LogP contribution in [0.25, 0.3) is 17.1 Å². The second-order valence-electron chi connectivity index (χ2n) is 7.30. The van der Waals surface area contributed by atoms with Gasteiger partial charge in [-0.25, -0.2) is 19.9 Å². The van der Waals surface area contributed by atoms with E-state index in [0.717, 1.165) is 60.2 Å².